The summed E-state index contributed by atoms with van der Waals surface area (Å²) in [4.78, 5) is 34.8. The maximum Gasteiger partial charge on any atom is 0.343 e. The molecule has 0 aliphatic carbocycles. The zero-order chi connectivity index (χ0) is 75.0. The summed E-state index contributed by atoms with van der Waals surface area (Å²) >= 11 is 17.4. The SMILES string of the molecule is C.C.CCCc1ccc2c(ccc3cc(C(=O)Cl)ccc32)c1.CCCc1ccc2c(ccc3cc(C(=O)O)ccc32)c1.CCCc1ccc2c(ccc3cc(C(=O)Oc4ccc(C#N)c(F)c4)ccc32)c1.CCCc1ccc2c(ccc3cc(I)ccc32)c1.ClCCl.N#Cc1ccc(O)cc1F.O=S(Cl)Cl. The van der Waals surface area contributed by atoms with E-state index >= 15 is 0 Å². The van der Waals surface area contributed by atoms with Crippen LogP contribution in [0.2, 0.25) is 0 Å². The first-order valence-electron chi connectivity index (χ1n) is 33.2. The Balaban J connectivity index is 0.000000207. The number of phenolic OH excluding ortho intramolecular Hbond substituents is 1. The van der Waals surface area contributed by atoms with Crippen LogP contribution in [0.1, 0.15) is 133 Å². The number of aromatic carboxylic acids is 1. The van der Waals surface area contributed by atoms with Crippen molar-refractivity contribution in [3.05, 3.63) is 296 Å². The summed E-state index contributed by atoms with van der Waals surface area (Å²) in [5.74, 6) is -2.97. The Kier molecular flexibility index (Phi) is 34.1. The number of hydrogen-bond donors (Lipinski definition) is 2. The maximum absolute atomic E-state index is 13.7. The minimum absolute atomic E-state index is 0. The van der Waals surface area contributed by atoms with Gasteiger partial charge in [-0.25, -0.2) is 22.6 Å². The van der Waals surface area contributed by atoms with Crippen LogP contribution < -0.4 is 4.74 Å². The van der Waals surface area contributed by atoms with Gasteiger partial charge in [0.15, 0.2) is 0 Å². The van der Waals surface area contributed by atoms with E-state index in [1.165, 1.54) is 111 Å². The second-order valence-electron chi connectivity index (χ2n) is 23.9. The van der Waals surface area contributed by atoms with E-state index in [4.69, 9.17) is 64.5 Å². The fraction of sp³-hybridized carbons (Fsp3) is 0.170. The van der Waals surface area contributed by atoms with E-state index in [-0.39, 0.29) is 42.8 Å². The number of carboxylic acid groups (broad SMARTS) is 1. The lowest BCUT2D eigenvalue weighted by molar-refractivity contribution is 0.0694. The van der Waals surface area contributed by atoms with Gasteiger partial charge in [0.2, 0.25) is 9.23 Å². The number of fused-ring (bicyclic) bond motifs is 12. The summed E-state index contributed by atoms with van der Waals surface area (Å²) in [6.45, 7) is 8.76. The summed E-state index contributed by atoms with van der Waals surface area (Å²) in [7, 11) is 7.36. The summed E-state index contributed by atoms with van der Waals surface area (Å²) in [6.07, 6.45) is 9.02. The second kappa shape index (κ2) is 42.2. The highest BCUT2D eigenvalue weighted by atomic mass is 127. The number of carbonyl (C=O) groups is 3. The molecule has 0 saturated carbocycles. The van der Waals surface area contributed by atoms with Gasteiger partial charge >= 0.3 is 11.9 Å². The van der Waals surface area contributed by atoms with Crippen molar-refractivity contribution in [3.63, 3.8) is 0 Å². The highest BCUT2D eigenvalue weighted by Crippen LogP contribution is 2.33. The van der Waals surface area contributed by atoms with Gasteiger partial charge in [-0.2, -0.15) is 10.5 Å². The topological polar surface area (TPSA) is 166 Å². The van der Waals surface area contributed by atoms with E-state index in [1.54, 1.807) is 42.5 Å². The van der Waals surface area contributed by atoms with Gasteiger partial charge in [0.25, 0.3) is 5.24 Å². The molecule has 0 radical (unpaired) electrons. The number of aryl methyl sites for hydroxylation is 4. The number of rotatable bonds is 12. The van der Waals surface area contributed by atoms with Gasteiger partial charge in [-0.3, -0.25) is 4.79 Å². The zero-order valence-corrected chi connectivity index (χ0v) is 63.8. The zero-order valence-electron chi connectivity index (χ0n) is 57.1. The third-order valence-electron chi connectivity index (χ3n) is 16.8. The first kappa shape index (κ1) is 85.7. The number of ether oxygens (including phenoxy) is 1. The molecule has 14 rings (SSSR count). The Morgan fingerprint density at radius 3 is 1.06 bits per heavy atom. The van der Waals surface area contributed by atoms with Crippen molar-refractivity contribution < 1.29 is 42.3 Å². The van der Waals surface area contributed by atoms with Crippen molar-refractivity contribution >= 4 is 191 Å². The van der Waals surface area contributed by atoms with Crippen molar-refractivity contribution in [2.45, 2.75) is 93.9 Å². The Bertz CT molecular complexity index is 5430. The number of aromatic hydroxyl groups is 1. The van der Waals surface area contributed by atoms with Crippen molar-refractivity contribution in [2.75, 3.05) is 5.34 Å². The van der Waals surface area contributed by atoms with Crippen LogP contribution >= 0.6 is 78.8 Å². The fourth-order valence-corrected chi connectivity index (χ4v) is 12.7. The number of carbonyl (C=O) groups excluding carboxylic acids is 2. The van der Waals surface area contributed by atoms with Crippen LogP contribution in [-0.4, -0.2) is 36.9 Å². The second-order valence-corrected chi connectivity index (χ2v) is 28.9. The van der Waals surface area contributed by atoms with Crippen molar-refractivity contribution in [2.24, 2.45) is 0 Å². The highest BCUT2D eigenvalue weighted by molar-refractivity contribution is 14.1. The van der Waals surface area contributed by atoms with E-state index < -0.39 is 38.0 Å². The number of phenols is 1. The molecular weight excluding hydrogens is 1570 g/mol. The molecule has 0 aliphatic heterocycles. The normalized spacial score (nSPS) is 10.4. The number of benzene rings is 14. The first-order valence-corrected chi connectivity index (χ1v) is 38.5. The molecule has 0 atom stereocenters. The Labute approximate surface area is 657 Å². The van der Waals surface area contributed by atoms with Crippen LogP contribution in [0.3, 0.4) is 0 Å². The summed E-state index contributed by atoms with van der Waals surface area (Å²) in [6, 6.07) is 76.7. The number of esters is 1. The van der Waals surface area contributed by atoms with Crippen LogP contribution in [0.25, 0.3) is 86.2 Å². The Hall–Kier alpha value is -9.26. The number of nitriles is 2. The molecule has 0 unspecified atom stereocenters. The fourth-order valence-electron chi connectivity index (χ4n) is 12.0. The van der Waals surface area contributed by atoms with E-state index in [0.29, 0.717) is 16.7 Å². The molecule has 0 aromatic heterocycles. The van der Waals surface area contributed by atoms with Crippen LogP contribution in [0.5, 0.6) is 11.5 Å². The van der Waals surface area contributed by atoms with Gasteiger partial charge in [0.1, 0.15) is 35.3 Å². The minimum atomic E-state index is -1.67. The quantitative estimate of drug-likeness (QED) is 0.0302. The molecule has 2 N–H and O–H groups in total. The molecule has 14 aromatic rings. The molecule has 0 amide bonds. The highest BCUT2D eigenvalue weighted by Gasteiger charge is 2.14. The smallest absolute Gasteiger partial charge is 0.343 e. The van der Waals surface area contributed by atoms with E-state index in [0.717, 1.165) is 88.4 Å². The molecule has 0 aliphatic rings. The lowest BCUT2D eigenvalue weighted by atomic mass is 9.97. The number of nitrogens with zero attached hydrogens (tertiary/aromatic N) is 2. The average Bonchev–Trinajstić information content (AvgIpc) is 0.796. The van der Waals surface area contributed by atoms with E-state index in [2.05, 4.69) is 199 Å². The predicted octanol–water partition coefficient (Wildman–Crippen LogP) is 26.8. The van der Waals surface area contributed by atoms with Gasteiger partial charge < -0.3 is 14.9 Å². The molecule has 106 heavy (non-hydrogen) atoms. The molecule has 0 saturated heterocycles. The Morgan fingerprint density at radius 1 is 0.434 bits per heavy atom. The van der Waals surface area contributed by atoms with Crippen molar-refractivity contribution in [3.8, 4) is 23.6 Å². The lowest BCUT2D eigenvalue weighted by Crippen LogP contribution is -2.08. The van der Waals surface area contributed by atoms with Gasteiger partial charge in [0, 0.05) is 42.6 Å². The van der Waals surface area contributed by atoms with Gasteiger partial charge in [0.05, 0.1) is 27.6 Å². The molecular formula is C88H78Cl5F2IN2O7S. The van der Waals surface area contributed by atoms with E-state index in [9.17, 15) is 23.2 Å². The average molecular weight is 1650 g/mol. The molecule has 14 aromatic carbocycles. The van der Waals surface area contributed by atoms with Gasteiger partial charge in [-0.15, -0.1) is 23.2 Å². The third kappa shape index (κ3) is 23.4. The molecule has 0 heterocycles. The molecule has 9 nitrogen and oxygen atoms in total. The lowest BCUT2D eigenvalue weighted by Gasteiger charge is -2.09. The number of hydrogen-bond acceptors (Lipinski definition) is 8. The molecule has 544 valence electrons. The third-order valence-corrected chi connectivity index (χ3v) is 17.7. The monoisotopic (exact) mass is 1650 g/mol. The Morgan fingerprint density at radius 2 is 0.726 bits per heavy atom. The molecule has 18 heteroatoms. The van der Waals surface area contributed by atoms with Gasteiger partial charge in [-0.1, -0.05) is 214 Å². The number of carboxylic acids is 1. The predicted molar refractivity (Wildman–Crippen MR) is 450 cm³/mol. The van der Waals surface area contributed by atoms with Gasteiger partial charge in [-0.05, 0) is 241 Å². The first-order chi connectivity index (χ1) is 50.1. The standard InChI is InChI=1S/C25H18FNO2.C18H15ClO.C18H16O2.C17H15I.C7H4FNO.CH2Cl2.2CH4.Cl2OS/c1-2-3-16-4-10-22-17(12-16)5-6-18-13-19(8-11-23(18)22)25(28)29-21-9-7-20(15-27)24(26)14-21;2*1-2-3-12-4-8-16-13(10-12)5-6-14-11-15(18(19)20)7-9-17(14)16;1-2-3-12-4-8-16-13(10-12)5-6-14-11-15(18)7-9-17(14)16;8-7-3-6(10)2-1-5(7)4-9;2-1-3;;;1-4(2)3/h4-14H,2-3H2,1H3;4-11H,2-3H2,1H3;4-11H,2-3H2,1H3,(H,19,20);4-11H,2-3H2,1H3;1-3,10H;1H2;2*1H4;. The number of alkyl halides is 2. The van der Waals surface area contributed by atoms with Crippen molar-refractivity contribution in [1.82, 2.24) is 0 Å². The molecule has 0 spiro atoms. The van der Waals surface area contributed by atoms with Crippen molar-refractivity contribution in [1.29, 1.82) is 10.5 Å². The van der Waals surface area contributed by atoms with Crippen LogP contribution in [0.4, 0.5) is 8.78 Å². The summed E-state index contributed by atoms with van der Waals surface area (Å²) < 4.78 is 41.8. The van der Waals surface area contributed by atoms with Crippen LogP contribution in [-0.2, 0) is 34.9 Å². The summed E-state index contributed by atoms with van der Waals surface area (Å²) in [5.41, 5.74) is 6.57. The largest absolute Gasteiger partial charge is 0.508 e. The minimum Gasteiger partial charge on any atom is -0.508 e. The maximum atomic E-state index is 13.7. The molecule has 0 bridgehead atoms. The molecule has 0 fully saturated rings. The van der Waals surface area contributed by atoms with Crippen LogP contribution in [0.15, 0.2) is 231 Å². The van der Waals surface area contributed by atoms with Crippen LogP contribution in [0, 0.1) is 37.9 Å². The van der Waals surface area contributed by atoms with E-state index in [1.807, 2.05) is 36.4 Å². The number of halogens is 8. The summed E-state index contributed by atoms with van der Waals surface area (Å²) in [5, 5.41) is 53.4.